The molecule has 0 unspecified atom stereocenters. The molecule has 37 heavy (non-hydrogen) atoms. The smallest absolute Gasteiger partial charge is 0.319 e. The second kappa shape index (κ2) is 9.47. The van der Waals surface area contributed by atoms with E-state index in [1.165, 1.54) is 23.5 Å². The number of nitrogens with zero attached hydrogens (tertiary/aromatic N) is 4. The molecule has 6 rings (SSSR count). The van der Waals surface area contributed by atoms with Gasteiger partial charge in [-0.1, -0.05) is 0 Å². The van der Waals surface area contributed by atoms with Crippen LogP contribution in [0.1, 0.15) is 36.2 Å². The highest BCUT2D eigenvalue weighted by Crippen LogP contribution is 2.39. The minimum absolute atomic E-state index is 0.0135. The summed E-state index contributed by atoms with van der Waals surface area (Å²) in [5.41, 5.74) is 1.57. The molecule has 9 nitrogen and oxygen atoms in total. The van der Waals surface area contributed by atoms with Gasteiger partial charge in [0, 0.05) is 50.2 Å². The van der Waals surface area contributed by atoms with Gasteiger partial charge in [0.05, 0.1) is 21.3 Å². The predicted molar refractivity (Wildman–Crippen MR) is 139 cm³/mol. The van der Waals surface area contributed by atoms with Crippen molar-refractivity contribution in [3.05, 3.63) is 54.2 Å². The third-order valence-electron chi connectivity index (χ3n) is 6.52. The molecule has 1 saturated heterocycles. The van der Waals surface area contributed by atoms with Gasteiger partial charge in [0.2, 0.25) is 0 Å². The number of hydrogen-bond donors (Lipinski definition) is 2. The van der Waals surface area contributed by atoms with Crippen molar-refractivity contribution in [1.82, 2.24) is 24.8 Å². The number of carbonyl (C=O) groups is 2. The van der Waals surface area contributed by atoms with Gasteiger partial charge in [0.25, 0.3) is 5.91 Å². The van der Waals surface area contributed by atoms with E-state index in [2.05, 4.69) is 20.6 Å². The van der Waals surface area contributed by atoms with Crippen LogP contribution in [0, 0.1) is 5.82 Å². The van der Waals surface area contributed by atoms with Crippen molar-refractivity contribution in [2.75, 3.05) is 18.4 Å². The van der Waals surface area contributed by atoms with E-state index in [-0.39, 0.29) is 23.7 Å². The topological polar surface area (TPSA) is 101 Å². The number of fused-ring (bicyclic) bond motifs is 1. The summed E-state index contributed by atoms with van der Waals surface area (Å²) >= 11 is 1.41. The molecule has 3 aromatic heterocycles. The second-order valence-corrected chi connectivity index (χ2v) is 10.3. The number of imidazole rings is 1. The van der Waals surface area contributed by atoms with Crippen LogP contribution in [0.3, 0.4) is 0 Å². The van der Waals surface area contributed by atoms with E-state index in [0.717, 1.165) is 48.3 Å². The maximum absolute atomic E-state index is 14.8. The summed E-state index contributed by atoms with van der Waals surface area (Å²) in [6, 6.07) is 7.73. The van der Waals surface area contributed by atoms with Gasteiger partial charge in [0.15, 0.2) is 11.6 Å². The maximum atomic E-state index is 14.8. The van der Waals surface area contributed by atoms with Gasteiger partial charge in [-0.05, 0) is 43.9 Å². The number of amides is 3. The van der Waals surface area contributed by atoms with Crippen LogP contribution in [0.4, 0.5) is 14.9 Å². The molecule has 2 fully saturated rings. The lowest BCUT2D eigenvalue weighted by atomic mass is 10.3. The fraction of sp³-hybridized carbons (Fsp3) is 0.308. The zero-order valence-corrected chi connectivity index (χ0v) is 21.0. The van der Waals surface area contributed by atoms with Crippen LogP contribution in [0.25, 0.3) is 20.9 Å². The quantitative estimate of drug-likeness (QED) is 0.366. The SMILES string of the molecule is Cn1c(C(=O)N2CCCC2)cnc1-c1cc2nccc(Oc3ccc(NC(=O)NC4CC4)cc3F)c2s1. The average molecular weight is 521 g/mol. The van der Waals surface area contributed by atoms with Crippen molar-refractivity contribution in [3.8, 4) is 22.2 Å². The predicted octanol–water partition coefficient (Wildman–Crippen LogP) is 5.15. The highest BCUT2D eigenvalue weighted by Gasteiger charge is 2.25. The number of benzene rings is 1. The van der Waals surface area contributed by atoms with Gasteiger partial charge in [-0.3, -0.25) is 9.78 Å². The number of carbonyl (C=O) groups excluding carboxylic acids is 2. The first kappa shape index (κ1) is 23.4. The molecule has 0 spiro atoms. The maximum Gasteiger partial charge on any atom is 0.319 e. The number of pyridine rings is 1. The third kappa shape index (κ3) is 4.74. The number of rotatable bonds is 6. The van der Waals surface area contributed by atoms with Crippen molar-refractivity contribution in [2.24, 2.45) is 7.05 Å². The summed E-state index contributed by atoms with van der Waals surface area (Å²) in [5.74, 6) is 0.532. The van der Waals surface area contributed by atoms with Crippen LogP contribution in [-0.4, -0.2) is 50.5 Å². The molecular weight excluding hydrogens is 495 g/mol. The fourth-order valence-electron chi connectivity index (χ4n) is 4.38. The Morgan fingerprint density at radius 1 is 1.11 bits per heavy atom. The van der Waals surface area contributed by atoms with E-state index in [0.29, 0.717) is 28.5 Å². The molecule has 3 amide bonds. The standard InChI is InChI=1S/C26H25FN6O3S/c1-32-19(25(34)33-10-2-3-11-33)14-29-24(32)22-13-18-23(37-22)21(8-9-28-18)36-20-7-6-16(12-17(20)27)31-26(35)30-15-4-5-15/h6-9,12-15H,2-5,10-11H2,1H3,(H2,30,31,35). The Morgan fingerprint density at radius 2 is 1.92 bits per heavy atom. The Balaban J connectivity index is 1.23. The Bertz CT molecular complexity index is 1510. The second-order valence-electron chi connectivity index (χ2n) is 9.28. The minimum atomic E-state index is -0.597. The largest absolute Gasteiger partial charge is 0.453 e. The first-order valence-electron chi connectivity index (χ1n) is 12.2. The van der Waals surface area contributed by atoms with E-state index in [4.69, 9.17) is 4.74 Å². The number of halogens is 1. The van der Waals surface area contributed by atoms with Crippen LogP contribution < -0.4 is 15.4 Å². The molecule has 1 aliphatic carbocycles. The van der Waals surface area contributed by atoms with Crippen LogP contribution in [-0.2, 0) is 7.05 Å². The summed E-state index contributed by atoms with van der Waals surface area (Å²) in [6.45, 7) is 1.54. The molecule has 0 radical (unpaired) electrons. The molecule has 2 N–H and O–H groups in total. The highest BCUT2D eigenvalue weighted by molar-refractivity contribution is 7.22. The Kier molecular flexibility index (Phi) is 5.99. The van der Waals surface area contributed by atoms with Gasteiger partial charge in [-0.2, -0.15) is 0 Å². The van der Waals surface area contributed by atoms with Crippen LogP contribution in [0.5, 0.6) is 11.5 Å². The van der Waals surface area contributed by atoms with Crippen molar-refractivity contribution < 1.29 is 18.7 Å². The lowest BCUT2D eigenvalue weighted by Gasteiger charge is -2.15. The summed E-state index contributed by atoms with van der Waals surface area (Å²) < 4.78 is 23.3. The van der Waals surface area contributed by atoms with E-state index >= 15 is 0 Å². The number of aromatic nitrogens is 3. The molecule has 2 aliphatic rings. The lowest BCUT2D eigenvalue weighted by Crippen LogP contribution is -2.30. The molecule has 1 aliphatic heterocycles. The molecule has 4 heterocycles. The third-order valence-corrected chi connectivity index (χ3v) is 7.65. The van der Waals surface area contributed by atoms with Gasteiger partial charge in [-0.15, -0.1) is 11.3 Å². The number of hydrogen-bond acceptors (Lipinski definition) is 6. The number of urea groups is 1. The van der Waals surface area contributed by atoms with E-state index in [9.17, 15) is 14.0 Å². The molecular formula is C26H25FN6O3S. The highest BCUT2D eigenvalue weighted by atomic mass is 32.1. The number of nitrogens with one attached hydrogen (secondary N) is 2. The molecule has 4 aromatic rings. The first-order chi connectivity index (χ1) is 18.0. The number of likely N-dealkylation sites (tertiary alicyclic amines) is 1. The summed E-state index contributed by atoms with van der Waals surface area (Å²) in [6.07, 6.45) is 7.20. The zero-order chi connectivity index (χ0) is 25.5. The Morgan fingerprint density at radius 3 is 2.68 bits per heavy atom. The fourth-order valence-corrected chi connectivity index (χ4v) is 5.48. The lowest BCUT2D eigenvalue weighted by molar-refractivity contribution is 0.0783. The van der Waals surface area contributed by atoms with Crippen molar-refractivity contribution in [1.29, 1.82) is 0 Å². The normalized spacial score (nSPS) is 15.2. The van der Waals surface area contributed by atoms with Crippen molar-refractivity contribution in [2.45, 2.75) is 31.7 Å². The van der Waals surface area contributed by atoms with Crippen LogP contribution >= 0.6 is 11.3 Å². The Hall–Kier alpha value is -3.99. The number of ether oxygens (including phenoxy) is 1. The van der Waals surface area contributed by atoms with Crippen LogP contribution in [0.15, 0.2) is 42.7 Å². The molecule has 11 heteroatoms. The van der Waals surface area contributed by atoms with Gasteiger partial charge >= 0.3 is 6.03 Å². The average Bonchev–Trinajstić information content (AvgIpc) is 3.27. The van der Waals surface area contributed by atoms with Gasteiger partial charge in [0.1, 0.15) is 17.3 Å². The molecule has 1 aromatic carbocycles. The molecule has 190 valence electrons. The van der Waals surface area contributed by atoms with Crippen molar-refractivity contribution in [3.63, 3.8) is 0 Å². The Labute approximate surface area is 216 Å². The van der Waals surface area contributed by atoms with E-state index in [1.54, 1.807) is 29.1 Å². The summed E-state index contributed by atoms with van der Waals surface area (Å²) in [5, 5.41) is 5.44. The summed E-state index contributed by atoms with van der Waals surface area (Å²) in [4.78, 5) is 36.4. The van der Waals surface area contributed by atoms with Crippen molar-refractivity contribution >= 4 is 39.2 Å². The molecule has 0 bridgehead atoms. The zero-order valence-electron chi connectivity index (χ0n) is 20.2. The monoisotopic (exact) mass is 520 g/mol. The van der Waals surface area contributed by atoms with E-state index in [1.807, 2.05) is 18.0 Å². The first-order valence-corrected chi connectivity index (χ1v) is 13.0. The van der Waals surface area contributed by atoms with Gasteiger partial charge in [-0.25, -0.2) is 14.2 Å². The minimum Gasteiger partial charge on any atom is -0.453 e. The summed E-state index contributed by atoms with van der Waals surface area (Å²) in [7, 11) is 1.83. The molecule has 1 saturated carbocycles. The van der Waals surface area contributed by atoms with Gasteiger partial charge < -0.3 is 24.8 Å². The van der Waals surface area contributed by atoms with E-state index < -0.39 is 5.82 Å². The van der Waals surface area contributed by atoms with Crippen LogP contribution in [0.2, 0.25) is 0 Å². The molecule has 0 atom stereocenters. The number of thiophene rings is 1. The number of anilines is 1.